The Kier molecular flexibility index (Phi) is 7.65. The van der Waals surface area contributed by atoms with Gasteiger partial charge in [-0.1, -0.05) is 30.0 Å². The lowest BCUT2D eigenvalue weighted by molar-refractivity contribution is -0.384. The molecular formula is C19H22ClN3O3S. The van der Waals surface area contributed by atoms with Crippen LogP contribution in [0.3, 0.4) is 0 Å². The van der Waals surface area contributed by atoms with E-state index in [1.807, 2.05) is 37.3 Å². The first kappa shape index (κ1) is 21.2. The minimum Gasteiger partial charge on any atom is -0.348 e. The number of nitrogens with one attached hydrogen (secondary N) is 2. The van der Waals surface area contributed by atoms with Crippen molar-refractivity contribution in [1.29, 1.82) is 0 Å². The summed E-state index contributed by atoms with van der Waals surface area (Å²) in [6, 6.07) is 14.3. The van der Waals surface area contributed by atoms with Crippen molar-refractivity contribution in [3.8, 4) is 0 Å². The summed E-state index contributed by atoms with van der Waals surface area (Å²) in [5, 5.41) is 17.5. The lowest BCUT2D eigenvalue weighted by atomic mass is 9.99. The Bertz CT molecular complexity index is 804. The van der Waals surface area contributed by atoms with Gasteiger partial charge in [-0.3, -0.25) is 14.9 Å². The summed E-state index contributed by atoms with van der Waals surface area (Å²) in [7, 11) is 0. The fraction of sp³-hybridized carbons (Fsp3) is 0.316. The molecule has 0 bridgehead atoms. The minimum absolute atomic E-state index is 0. The maximum absolute atomic E-state index is 12.9. The Labute approximate surface area is 168 Å². The van der Waals surface area contributed by atoms with Crippen molar-refractivity contribution in [2.24, 2.45) is 0 Å². The molecule has 0 radical (unpaired) electrons. The van der Waals surface area contributed by atoms with Crippen molar-refractivity contribution in [3.63, 3.8) is 0 Å². The van der Waals surface area contributed by atoms with Gasteiger partial charge in [0.05, 0.1) is 10.5 Å². The van der Waals surface area contributed by atoms with E-state index in [1.165, 1.54) is 23.9 Å². The maximum Gasteiger partial charge on any atom is 0.270 e. The largest absolute Gasteiger partial charge is 0.348 e. The molecule has 2 aromatic carbocycles. The van der Waals surface area contributed by atoms with Crippen LogP contribution in [0.1, 0.15) is 30.1 Å². The van der Waals surface area contributed by atoms with Gasteiger partial charge >= 0.3 is 0 Å². The molecule has 3 rings (SSSR count). The molecule has 2 aromatic rings. The number of non-ortho nitro benzene ring substituents is 1. The van der Waals surface area contributed by atoms with E-state index in [-0.39, 0.29) is 36.1 Å². The van der Waals surface area contributed by atoms with Gasteiger partial charge in [-0.25, -0.2) is 0 Å². The fourth-order valence-corrected chi connectivity index (χ4v) is 3.95. The van der Waals surface area contributed by atoms with Gasteiger partial charge in [0.25, 0.3) is 11.6 Å². The molecule has 144 valence electrons. The zero-order valence-corrected chi connectivity index (χ0v) is 16.5. The number of nitro groups is 1. The minimum atomic E-state index is -0.474. The number of rotatable bonds is 5. The quantitative estimate of drug-likeness (QED) is 0.577. The van der Waals surface area contributed by atoms with E-state index in [4.69, 9.17) is 0 Å². The number of nitro benzene ring substituents is 1. The lowest BCUT2D eigenvalue weighted by Crippen LogP contribution is -2.51. The van der Waals surface area contributed by atoms with Gasteiger partial charge in [0.15, 0.2) is 0 Å². The summed E-state index contributed by atoms with van der Waals surface area (Å²) < 4.78 is 0. The Morgan fingerprint density at radius 3 is 2.67 bits per heavy atom. The topological polar surface area (TPSA) is 84.3 Å². The summed E-state index contributed by atoms with van der Waals surface area (Å²) >= 11 is 1.43. The highest BCUT2D eigenvalue weighted by molar-refractivity contribution is 7.99. The highest BCUT2D eigenvalue weighted by atomic mass is 35.5. The summed E-state index contributed by atoms with van der Waals surface area (Å²) in [5.74, 6) is -0.271. The van der Waals surface area contributed by atoms with Crippen LogP contribution in [0.4, 0.5) is 5.69 Å². The highest BCUT2D eigenvalue weighted by Gasteiger charge is 2.25. The van der Waals surface area contributed by atoms with Gasteiger partial charge in [0.1, 0.15) is 0 Å². The zero-order valence-electron chi connectivity index (χ0n) is 14.9. The first-order valence-corrected chi connectivity index (χ1v) is 9.42. The standard InChI is InChI=1S/C19H21N3O3S.ClH/c1-13-17(8-5-11-20-13)21-19(23)16-12-14(22(24)25)9-10-18(16)26-15-6-3-2-4-7-15;/h2-4,6-7,9-10,12-13,17,20H,5,8,11H2,1H3,(H,21,23);1H. The Balaban J connectivity index is 0.00000261. The molecule has 0 aromatic heterocycles. The number of carbonyl (C=O) groups excluding carboxylic acids is 1. The van der Waals surface area contributed by atoms with Gasteiger partial charge in [-0.05, 0) is 44.5 Å². The summed E-state index contributed by atoms with van der Waals surface area (Å²) in [5.41, 5.74) is 0.258. The number of carbonyl (C=O) groups is 1. The molecule has 1 saturated heterocycles. The second-order valence-corrected chi connectivity index (χ2v) is 7.43. The van der Waals surface area contributed by atoms with E-state index in [0.29, 0.717) is 10.5 Å². The predicted molar refractivity (Wildman–Crippen MR) is 109 cm³/mol. The van der Waals surface area contributed by atoms with Crippen molar-refractivity contribution in [1.82, 2.24) is 10.6 Å². The molecule has 1 amide bonds. The van der Waals surface area contributed by atoms with Crippen LogP contribution in [0.25, 0.3) is 0 Å². The van der Waals surface area contributed by atoms with Crippen LogP contribution in [-0.2, 0) is 0 Å². The van der Waals surface area contributed by atoms with Gasteiger partial charge < -0.3 is 10.6 Å². The second kappa shape index (κ2) is 9.73. The van der Waals surface area contributed by atoms with Crippen LogP contribution < -0.4 is 10.6 Å². The molecule has 6 nitrogen and oxygen atoms in total. The van der Waals surface area contributed by atoms with Crippen molar-refractivity contribution in [3.05, 3.63) is 64.2 Å². The van der Waals surface area contributed by atoms with E-state index in [2.05, 4.69) is 10.6 Å². The lowest BCUT2D eigenvalue weighted by Gasteiger charge is -2.30. The molecule has 1 fully saturated rings. The van der Waals surface area contributed by atoms with E-state index in [9.17, 15) is 14.9 Å². The van der Waals surface area contributed by atoms with Crippen LogP contribution in [0.5, 0.6) is 0 Å². The molecule has 8 heteroatoms. The monoisotopic (exact) mass is 407 g/mol. The Hall–Kier alpha value is -2.09. The Morgan fingerprint density at radius 1 is 1.26 bits per heavy atom. The number of benzene rings is 2. The molecule has 0 aliphatic carbocycles. The molecule has 1 heterocycles. The number of hydrogen-bond donors (Lipinski definition) is 2. The number of piperidine rings is 1. The first-order valence-electron chi connectivity index (χ1n) is 8.60. The van der Waals surface area contributed by atoms with E-state index < -0.39 is 4.92 Å². The molecule has 0 saturated carbocycles. The average Bonchev–Trinajstić information content (AvgIpc) is 2.64. The number of hydrogen-bond acceptors (Lipinski definition) is 5. The highest BCUT2D eigenvalue weighted by Crippen LogP contribution is 2.32. The third kappa shape index (κ3) is 5.45. The van der Waals surface area contributed by atoms with Crippen molar-refractivity contribution in [2.75, 3.05) is 6.54 Å². The van der Waals surface area contributed by atoms with E-state index >= 15 is 0 Å². The predicted octanol–water partition coefficient (Wildman–Crippen LogP) is 4.04. The molecule has 1 aliphatic rings. The van der Waals surface area contributed by atoms with Gasteiger partial charge in [-0.2, -0.15) is 0 Å². The van der Waals surface area contributed by atoms with E-state index in [0.717, 1.165) is 24.3 Å². The molecule has 2 atom stereocenters. The van der Waals surface area contributed by atoms with Crippen molar-refractivity contribution < 1.29 is 9.72 Å². The van der Waals surface area contributed by atoms with Crippen LogP contribution in [0, 0.1) is 10.1 Å². The molecule has 1 aliphatic heterocycles. The van der Waals surface area contributed by atoms with Crippen molar-refractivity contribution in [2.45, 2.75) is 41.6 Å². The normalized spacial score (nSPS) is 19.0. The fourth-order valence-electron chi connectivity index (χ4n) is 3.00. The molecule has 2 unspecified atom stereocenters. The van der Waals surface area contributed by atoms with Crippen molar-refractivity contribution >= 4 is 35.8 Å². The van der Waals surface area contributed by atoms with Gasteiger partial charge in [0.2, 0.25) is 0 Å². The second-order valence-electron chi connectivity index (χ2n) is 6.32. The van der Waals surface area contributed by atoms with Crippen LogP contribution in [0.2, 0.25) is 0 Å². The van der Waals surface area contributed by atoms with Gasteiger partial charge in [-0.15, -0.1) is 12.4 Å². The molecule has 27 heavy (non-hydrogen) atoms. The average molecular weight is 408 g/mol. The molecular weight excluding hydrogens is 386 g/mol. The molecule has 2 N–H and O–H groups in total. The summed E-state index contributed by atoms with van der Waals surface area (Å²) in [6.45, 7) is 2.98. The number of halogens is 1. The maximum atomic E-state index is 12.9. The third-order valence-electron chi connectivity index (χ3n) is 4.47. The molecule has 0 spiro atoms. The summed E-state index contributed by atoms with van der Waals surface area (Å²) in [4.78, 5) is 25.2. The number of amides is 1. The summed E-state index contributed by atoms with van der Waals surface area (Å²) in [6.07, 6.45) is 1.89. The van der Waals surface area contributed by atoms with Crippen LogP contribution in [0.15, 0.2) is 58.3 Å². The number of nitrogens with zero attached hydrogens (tertiary/aromatic N) is 1. The van der Waals surface area contributed by atoms with Gasteiger partial charge in [0, 0.05) is 34.0 Å². The smallest absolute Gasteiger partial charge is 0.270 e. The Morgan fingerprint density at radius 2 is 2.00 bits per heavy atom. The van der Waals surface area contributed by atoms with Crippen LogP contribution in [-0.4, -0.2) is 29.5 Å². The zero-order chi connectivity index (χ0) is 18.5. The van der Waals surface area contributed by atoms with Crippen LogP contribution >= 0.6 is 24.2 Å². The van der Waals surface area contributed by atoms with E-state index in [1.54, 1.807) is 6.07 Å². The first-order chi connectivity index (χ1) is 12.5. The third-order valence-corrected chi connectivity index (χ3v) is 5.55. The SMILES string of the molecule is CC1NCCCC1NC(=O)c1cc([N+](=O)[O-])ccc1Sc1ccccc1.Cl.